The number of hydrogen-bond acceptors (Lipinski definition) is 5. The third-order valence-corrected chi connectivity index (χ3v) is 4.25. The monoisotopic (exact) mass is 332 g/mol. The summed E-state index contributed by atoms with van der Waals surface area (Å²) in [6, 6.07) is 7.42. The van der Waals surface area contributed by atoms with Crippen LogP contribution in [0.1, 0.15) is 10.4 Å². The van der Waals surface area contributed by atoms with Crippen molar-refractivity contribution in [2.75, 3.05) is 32.6 Å². The summed E-state index contributed by atoms with van der Waals surface area (Å²) in [6.07, 6.45) is 0.0262. The van der Waals surface area contributed by atoms with E-state index in [-0.39, 0.29) is 37.1 Å². The minimum atomic E-state index is -0.0838. The van der Waals surface area contributed by atoms with Crippen LogP contribution in [0.25, 0.3) is 0 Å². The standard InChI is InChI=1S/C14H20N2O3S.ClH/c1-19-13-9-15-8-12(13)16-14(18)10-2-4-11(5-3-10)20-7-6-17;/h2-5,12-13,15,17H,6-9H2,1H3,(H,16,18);1H/t12-,13-;/m0./s1. The van der Waals surface area contributed by atoms with Gasteiger partial charge in [0, 0.05) is 36.4 Å². The van der Waals surface area contributed by atoms with Crippen molar-refractivity contribution in [2.45, 2.75) is 17.0 Å². The molecular formula is C14H21ClN2O3S. The fourth-order valence-electron chi connectivity index (χ4n) is 2.16. The first-order valence-electron chi connectivity index (χ1n) is 6.62. The van der Waals surface area contributed by atoms with E-state index in [2.05, 4.69) is 10.6 Å². The quantitative estimate of drug-likeness (QED) is 0.675. The molecule has 0 unspecified atom stereocenters. The Hall–Kier alpha value is -0.790. The highest BCUT2D eigenvalue weighted by molar-refractivity contribution is 7.99. The average molecular weight is 333 g/mol. The first-order chi connectivity index (χ1) is 9.74. The number of thioether (sulfide) groups is 1. The number of hydrogen-bond donors (Lipinski definition) is 3. The number of nitrogens with one attached hydrogen (secondary N) is 2. The second-order valence-corrected chi connectivity index (χ2v) is 5.78. The van der Waals surface area contributed by atoms with Crippen molar-refractivity contribution < 1.29 is 14.6 Å². The number of rotatable bonds is 6. The molecule has 0 aromatic heterocycles. The lowest BCUT2D eigenvalue weighted by Gasteiger charge is -2.18. The van der Waals surface area contributed by atoms with Crippen LogP contribution in [-0.2, 0) is 4.74 Å². The predicted octanol–water partition coefficient (Wildman–Crippen LogP) is 0.909. The van der Waals surface area contributed by atoms with Gasteiger partial charge in [-0.2, -0.15) is 0 Å². The van der Waals surface area contributed by atoms with Gasteiger partial charge >= 0.3 is 0 Å². The Bertz CT molecular complexity index is 444. The van der Waals surface area contributed by atoms with E-state index in [1.807, 2.05) is 12.1 Å². The number of ether oxygens (including phenoxy) is 1. The first-order valence-corrected chi connectivity index (χ1v) is 7.61. The van der Waals surface area contributed by atoms with Crippen molar-refractivity contribution >= 4 is 30.1 Å². The average Bonchev–Trinajstić information content (AvgIpc) is 2.92. The summed E-state index contributed by atoms with van der Waals surface area (Å²) in [5.41, 5.74) is 0.639. The molecule has 1 aromatic carbocycles. The van der Waals surface area contributed by atoms with Gasteiger partial charge in [-0.25, -0.2) is 0 Å². The molecule has 118 valence electrons. The number of aliphatic hydroxyl groups is 1. The molecular weight excluding hydrogens is 312 g/mol. The summed E-state index contributed by atoms with van der Waals surface area (Å²) in [4.78, 5) is 13.2. The summed E-state index contributed by atoms with van der Waals surface area (Å²) in [7, 11) is 1.66. The molecule has 2 rings (SSSR count). The van der Waals surface area contributed by atoms with Gasteiger partial charge in [0.05, 0.1) is 18.8 Å². The second kappa shape index (κ2) is 9.27. The molecule has 2 atom stereocenters. The SMILES string of the molecule is CO[C@H]1CNC[C@@H]1NC(=O)c1ccc(SCCO)cc1.Cl. The van der Waals surface area contributed by atoms with Gasteiger partial charge in [0.25, 0.3) is 5.91 Å². The Kier molecular flexibility index (Phi) is 8.06. The Morgan fingerprint density at radius 1 is 1.43 bits per heavy atom. The maximum Gasteiger partial charge on any atom is 0.251 e. The minimum Gasteiger partial charge on any atom is -0.396 e. The number of aliphatic hydroxyl groups excluding tert-OH is 1. The fourth-order valence-corrected chi connectivity index (χ4v) is 2.82. The number of methoxy groups -OCH3 is 1. The Balaban J connectivity index is 0.00000220. The molecule has 21 heavy (non-hydrogen) atoms. The zero-order valence-corrected chi connectivity index (χ0v) is 13.5. The van der Waals surface area contributed by atoms with Gasteiger partial charge in [0.2, 0.25) is 0 Å². The predicted molar refractivity (Wildman–Crippen MR) is 86.4 cm³/mol. The fraction of sp³-hybridized carbons (Fsp3) is 0.500. The van der Waals surface area contributed by atoms with Crippen LogP contribution in [0.4, 0.5) is 0 Å². The first kappa shape index (κ1) is 18.3. The maximum absolute atomic E-state index is 12.1. The summed E-state index contributed by atoms with van der Waals surface area (Å²) in [6.45, 7) is 1.65. The van der Waals surface area contributed by atoms with E-state index in [9.17, 15) is 4.79 Å². The van der Waals surface area contributed by atoms with Crippen LogP contribution >= 0.6 is 24.2 Å². The summed E-state index contributed by atoms with van der Waals surface area (Å²) in [5.74, 6) is 0.578. The van der Waals surface area contributed by atoms with E-state index >= 15 is 0 Å². The molecule has 0 bridgehead atoms. The molecule has 5 nitrogen and oxygen atoms in total. The van der Waals surface area contributed by atoms with E-state index in [0.717, 1.165) is 18.0 Å². The van der Waals surface area contributed by atoms with Crippen molar-refractivity contribution in [1.29, 1.82) is 0 Å². The Morgan fingerprint density at radius 3 is 2.76 bits per heavy atom. The maximum atomic E-state index is 12.1. The molecule has 0 saturated carbocycles. The highest BCUT2D eigenvalue weighted by Crippen LogP contribution is 2.18. The largest absolute Gasteiger partial charge is 0.396 e. The molecule has 1 amide bonds. The van der Waals surface area contributed by atoms with Crippen LogP contribution < -0.4 is 10.6 Å². The third kappa shape index (κ3) is 5.16. The lowest BCUT2D eigenvalue weighted by molar-refractivity contribution is 0.0780. The molecule has 0 radical (unpaired) electrons. The number of benzene rings is 1. The highest BCUT2D eigenvalue weighted by Gasteiger charge is 2.28. The molecule has 1 fully saturated rings. The number of halogens is 1. The molecule has 1 heterocycles. The van der Waals surface area contributed by atoms with Crippen LogP contribution in [0.3, 0.4) is 0 Å². The highest BCUT2D eigenvalue weighted by atomic mass is 35.5. The third-order valence-electron chi connectivity index (χ3n) is 3.25. The summed E-state index contributed by atoms with van der Waals surface area (Å²) in [5, 5.41) is 15.0. The van der Waals surface area contributed by atoms with Crippen molar-refractivity contribution in [2.24, 2.45) is 0 Å². The van der Waals surface area contributed by atoms with Gasteiger partial charge in [-0.05, 0) is 24.3 Å². The Morgan fingerprint density at radius 2 is 2.14 bits per heavy atom. The van der Waals surface area contributed by atoms with Crippen molar-refractivity contribution in [3.05, 3.63) is 29.8 Å². The number of carbonyl (C=O) groups excluding carboxylic acids is 1. The van der Waals surface area contributed by atoms with Gasteiger partial charge in [0.1, 0.15) is 0 Å². The molecule has 1 aromatic rings. The molecule has 0 spiro atoms. The van der Waals surface area contributed by atoms with Crippen LogP contribution in [0.5, 0.6) is 0 Å². The normalized spacial score (nSPS) is 20.9. The van der Waals surface area contributed by atoms with Crippen molar-refractivity contribution in [1.82, 2.24) is 10.6 Å². The van der Waals surface area contributed by atoms with Gasteiger partial charge in [-0.3, -0.25) is 4.79 Å². The van der Waals surface area contributed by atoms with E-state index in [1.165, 1.54) is 0 Å². The van der Waals surface area contributed by atoms with Crippen LogP contribution in [-0.4, -0.2) is 55.7 Å². The summed E-state index contributed by atoms with van der Waals surface area (Å²) < 4.78 is 5.32. The topological polar surface area (TPSA) is 70.6 Å². The molecule has 1 aliphatic rings. The molecule has 1 saturated heterocycles. The van der Waals surface area contributed by atoms with Gasteiger partial charge in [0.15, 0.2) is 0 Å². The van der Waals surface area contributed by atoms with Gasteiger partial charge < -0.3 is 20.5 Å². The molecule has 7 heteroatoms. The lowest BCUT2D eigenvalue weighted by atomic mass is 10.1. The summed E-state index contributed by atoms with van der Waals surface area (Å²) >= 11 is 1.57. The molecule has 0 aliphatic carbocycles. The Labute approximate surface area is 135 Å². The molecule has 3 N–H and O–H groups in total. The van der Waals surface area contributed by atoms with Crippen molar-refractivity contribution in [3.8, 4) is 0 Å². The van der Waals surface area contributed by atoms with Gasteiger partial charge in [-0.1, -0.05) is 0 Å². The number of carbonyl (C=O) groups is 1. The van der Waals surface area contributed by atoms with E-state index < -0.39 is 0 Å². The van der Waals surface area contributed by atoms with E-state index in [0.29, 0.717) is 11.3 Å². The smallest absolute Gasteiger partial charge is 0.251 e. The zero-order chi connectivity index (χ0) is 14.4. The second-order valence-electron chi connectivity index (χ2n) is 4.61. The minimum absolute atomic E-state index is 0. The van der Waals surface area contributed by atoms with Gasteiger partial charge in [-0.15, -0.1) is 24.2 Å². The van der Waals surface area contributed by atoms with E-state index in [1.54, 1.807) is 31.0 Å². The van der Waals surface area contributed by atoms with E-state index in [4.69, 9.17) is 9.84 Å². The van der Waals surface area contributed by atoms with Crippen molar-refractivity contribution in [3.63, 3.8) is 0 Å². The zero-order valence-electron chi connectivity index (χ0n) is 11.9. The molecule has 1 aliphatic heterocycles. The number of amides is 1. The van der Waals surface area contributed by atoms with Crippen LogP contribution in [0.2, 0.25) is 0 Å². The van der Waals surface area contributed by atoms with Crippen LogP contribution in [0, 0.1) is 0 Å². The van der Waals surface area contributed by atoms with Crippen LogP contribution in [0.15, 0.2) is 29.2 Å². The lowest BCUT2D eigenvalue weighted by Crippen LogP contribution is -2.43.